The van der Waals surface area contributed by atoms with E-state index in [4.69, 9.17) is 29.2 Å². The highest BCUT2D eigenvalue weighted by atomic mass is 16.5. The lowest BCUT2D eigenvalue weighted by Crippen LogP contribution is -2.43. The Hall–Kier alpha value is -3.95. The molecule has 378 valence electrons. The van der Waals surface area contributed by atoms with Crippen molar-refractivity contribution in [1.82, 2.24) is 32.1 Å². The fourth-order valence-electron chi connectivity index (χ4n) is 6.65. The number of hydrogen-bond donors (Lipinski definition) is 9. The Morgan fingerprint density at radius 1 is 0.400 bits per heavy atom. The van der Waals surface area contributed by atoms with E-state index < -0.39 is 30.0 Å². The third kappa shape index (κ3) is 43.7. The largest absolute Gasteiger partial charge is 0.481 e. The maximum atomic E-state index is 12.4. The second-order valence-electron chi connectivity index (χ2n) is 16.1. The van der Waals surface area contributed by atoms with Crippen LogP contribution < -0.4 is 32.1 Å². The molecule has 20 nitrogen and oxygen atoms in total. The van der Waals surface area contributed by atoms with Crippen LogP contribution in [0.3, 0.4) is 0 Å². The van der Waals surface area contributed by atoms with Crippen molar-refractivity contribution in [1.29, 1.82) is 0 Å². The van der Waals surface area contributed by atoms with Gasteiger partial charge in [-0.25, -0.2) is 10.2 Å². The van der Waals surface area contributed by atoms with Crippen molar-refractivity contribution in [2.75, 3.05) is 79.5 Å². The zero-order chi connectivity index (χ0) is 48.0. The van der Waals surface area contributed by atoms with Gasteiger partial charge in [0, 0.05) is 38.9 Å². The molecule has 0 radical (unpaired) electrons. The monoisotopic (exact) mass is 933 g/mol. The Morgan fingerprint density at radius 2 is 0.800 bits per heavy atom. The van der Waals surface area contributed by atoms with Crippen LogP contribution >= 0.6 is 0 Å². The van der Waals surface area contributed by atoms with Gasteiger partial charge in [-0.05, 0) is 52.0 Å². The molecule has 0 rings (SSSR count). The molecule has 20 heteroatoms. The molecule has 0 aliphatic heterocycles. The van der Waals surface area contributed by atoms with Crippen molar-refractivity contribution < 1.29 is 67.8 Å². The number of hydrazine groups is 1. The third-order valence-corrected chi connectivity index (χ3v) is 10.3. The van der Waals surface area contributed by atoms with Gasteiger partial charge in [-0.2, -0.15) is 0 Å². The summed E-state index contributed by atoms with van der Waals surface area (Å²) in [6.45, 7) is 1.98. The van der Waals surface area contributed by atoms with E-state index in [0.29, 0.717) is 38.6 Å². The molecule has 0 heterocycles. The van der Waals surface area contributed by atoms with E-state index >= 15 is 0 Å². The van der Waals surface area contributed by atoms with Crippen LogP contribution in [-0.2, 0) is 52.5 Å². The Morgan fingerprint density at radius 3 is 1.26 bits per heavy atom. The summed E-state index contributed by atoms with van der Waals surface area (Å²) < 4.78 is 21.3. The number of carbonyl (C=O) groups excluding carboxylic acids is 4. The molecule has 0 aliphatic rings. The lowest BCUT2D eigenvalue weighted by atomic mass is 10.0. The average molecular weight is 933 g/mol. The molecule has 0 aliphatic carbocycles. The average Bonchev–Trinajstić information content (AvgIpc) is 3.26. The van der Waals surface area contributed by atoms with E-state index in [1.165, 1.54) is 57.8 Å². The zero-order valence-corrected chi connectivity index (χ0v) is 39.2. The van der Waals surface area contributed by atoms with E-state index in [1.54, 1.807) is 7.05 Å². The molecule has 0 saturated carbocycles. The van der Waals surface area contributed by atoms with Crippen LogP contribution in [-0.4, -0.2) is 148 Å². The van der Waals surface area contributed by atoms with Gasteiger partial charge in [0.1, 0.15) is 25.3 Å². The number of nitrogens with one attached hydrogen (secondary N) is 6. The first-order valence-corrected chi connectivity index (χ1v) is 24.0. The summed E-state index contributed by atoms with van der Waals surface area (Å²) in [4.78, 5) is 81.6. The van der Waals surface area contributed by atoms with E-state index in [-0.39, 0.29) is 115 Å². The summed E-state index contributed by atoms with van der Waals surface area (Å²) in [5.41, 5.74) is 5.27. The first-order chi connectivity index (χ1) is 31.5. The normalized spacial score (nSPS) is 12.0. The lowest BCUT2D eigenvalue weighted by Gasteiger charge is -2.14. The summed E-state index contributed by atoms with van der Waals surface area (Å²) in [7, 11) is 1.60. The van der Waals surface area contributed by atoms with Gasteiger partial charge in [0.25, 0.3) is 0 Å². The van der Waals surface area contributed by atoms with E-state index in [9.17, 15) is 38.7 Å². The first kappa shape index (κ1) is 61.0. The number of carboxylic acid groups (broad SMARTS) is 3. The highest BCUT2D eigenvalue weighted by Gasteiger charge is 2.20. The predicted octanol–water partition coefficient (Wildman–Crippen LogP) is 3.60. The smallest absolute Gasteiger partial charge is 0.326 e. The number of aliphatic carboxylic acids is 3. The second-order valence-corrected chi connectivity index (χ2v) is 16.1. The van der Waals surface area contributed by atoms with Crippen LogP contribution in [0.25, 0.3) is 0 Å². The fraction of sp³-hybridized carbons (Fsp3) is 0.844. The maximum absolute atomic E-state index is 12.4. The van der Waals surface area contributed by atoms with E-state index in [2.05, 4.69) is 32.1 Å². The number of hydrogen-bond acceptors (Lipinski definition) is 13. The van der Waals surface area contributed by atoms with Gasteiger partial charge in [0.15, 0.2) is 0 Å². The Kier molecular flexibility index (Phi) is 42.5. The number of ether oxygens (including phenoxy) is 4. The molecular formula is C45H84N6O14. The molecule has 0 saturated heterocycles. The van der Waals surface area contributed by atoms with Gasteiger partial charge in [-0.15, -0.1) is 0 Å². The van der Waals surface area contributed by atoms with Crippen molar-refractivity contribution in [3.63, 3.8) is 0 Å². The van der Waals surface area contributed by atoms with Gasteiger partial charge in [0.2, 0.25) is 23.6 Å². The Balaban J connectivity index is 3.63. The zero-order valence-electron chi connectivity index (χ0n) is 39.2. The topological polar surface area (TPSA) is 289 Å². The molecule has 2 atom stereocenters. The van der Waals surface area contributed by atoms with Gasteiger partial charge in [0.05, 0.1) is 39.6 Å². The van der Waals surface area contributed by atoms with Crippen molar-refractivity contribution in [3.8, 4) is 0 Å². The van der Waals surface area contributed by atoms with Gasteiger partial charge < -0.3 is 55.5 Å². The van der Waals surface area contributed by atoms with Crippen molar-refractivity contribution in [2.45, 2.75) is 166 Å². The molecule has 0 fully saturated rings. The number of unbranched alkanes of at least 4 members (excludes halogenated alkanes) is 16. The van der Waals surface area contributed by atoms with Crippen LogP contribution in [0.15, 0.2) is 0 Å². The standard InChI is InChI=1S/C45H84N6O14/c1-46-51-38(45(60)61)21-18-19-26-47-41(54)35-64-33-32-63-30-28-49-42(55)36-65-34-31-62-29-27-48-39(52)24-20-22-37(44(58)59)50-40(53)23-16-14-12-10-8-6-4-2-3-5-7-9-11-13-15-17-25-43(56)57/h37-38,46,51H,2-36H2,1H3,(H,47,54)(H,48,52)(H,49,55)(H,50,53)(H,56,57)(H,58,59)(H,60,61)/t37-,38-/m0/s1. The quantitative estimate of drug-likeness (QED) is 0.0311. The minimum absolute atomic E-state index is 0.117. The molecule has 0 aromatic heterocycles. The van der Waals surface area contributed by atoms with Gasteiger partial charge in [-0.3, -0.25) is 34.2 Å². The minimum Gasteiger partial charge on any atom is -0.481 e. The lowest BCUT2D eigenvalue weighted by molar-refractivity contribution is -0.142. The maximum Gasteiger partial charge on any atom is 0.326 e. The van der Waals surface area contributed by atoms with Crippen LogP contribution in [0, 0.1) is 0 Å². The molecule has 0 spiro atoms. The van der Waals surface area contributed by atoms with E-state index in [1.807, 2.05) is 0 Å². The summed E-state index contributed by atoms with van der Waals surface area (Å²) >= 11 is 0. The summed E-state index contributed by atoms with van der Waals surface area (Å²) in [6, 6.07) is -1.73. The van der Waals surface area contributed by atoms with Gasteiger partial charge >= 0.3 is 17.9 Å². The molecule has 65 heavy (non-hydrogen) atoms. The Labute approximate surface area is 386 Å². The number of carboxylic acids is 3. The highest BCUT2D eigenvalue weighted by Crippen LogP contribution is 2.15. The van der Waals surface area contributed by atoms with Crippen LogP contribution in [0.4, 0.5) is 0 Å². The molecule has 0 unspecified atom stereocenters. The molecule has 0 aromatic rings. The third-order valence-electron chi connectivity index (χ3n) is 10.3. The van der Waals surface area contributed by atoms with Crippen LogP contribution in [0.5, 0.6) is 0 Å². The highest BCUT2D eigenvalue weighted by molar-refractivity contribution is 5.83. The summed E-state index contributed by atoms with van der Waals surface area (Å²) in [6.07, 6.45) is 20.7. The van der Waals surface area contributed by atoms with Crippen LogP contribution in [0.1, 0.15) is 154 Å². The SMILES string of the molecule is CNN[C@@H](CCCCNC(=O)COCCOCCNC(=O)COCCOCCNC(=O)CCC[C@H](NC(=O)CCCCCCCCCCCCCCCCCCC(=O)O)C(=O)O)C(=O)O. The van der Waals surface area contributed by atoms with E-state index in [0.717, 1.165) is 38.5 Å². The predicted molar refractivity (Wildman–Crippen MR) is 244 cm³/mol. The Bertz CT molecular complexity index is 1260. The first-order valence-electron chi connectivity index (χ1n) is 24.0. The molecule has 4 amide bonds. The summed E-state index contributed by atoms with van der Waals surface area (Å²) in [5.74, 6) is -3.90. The molecular weight excluding hydrogens is 849 g/mol. The van der Waals surface area contributed by atoms with Crippen molar-refractivity contribution in [3.05, 3.63) is 0 Å². The number of rotatable bonds is 49. The molecule has 0 bridgehead atoms. The number of amides is 4. The van der Waals surface area contributed by atoms with Gasteiger partial charge in [-0.1, -0.05) is 89.9 Å². The van der Waals surface area contributed by atoms with Crippen LogP contribution in [0.2, 0.25) is 0 Å². The fourth-order valence-corrected chi connectivity index (χ4v) is 6.65. The minimum atomic E-state index is -1.12. The second kappa shape index (κ2) is 45.2. The summed E-state index contributed by atoms with van der Waals surface area (Å²) in [5, 5.41) is 38.0. The number of carbonyl (C=O) groups is 7. The van der Waals surface area contributed by atoms with Crippen molar-refractivity contribution in [2.24, 2.45) is 0 Å². The molecule has 0 aromatic carbocycles. The van der Waals surface area contributed by atoms with Crippen molar-refractivity contribution >= 4 is 41.5 Å². The molecule has 9 N–H and O–H groups in total.